The summed E-state index contributed by atoms with van der Waals surface area (Å²) >= 11 is 0. The fraction of sp³-hybridized carbons (Fsp3) is 0.667. The van der Waals surface area contributed by atoms with Crippen molar-refractivity contribution in [3.05, 3.63) is 30.3 Å². The maximum atomic E-state index is 9.16. The van der Waals surface area contributed by atoms with E-state index in [1.807, 2.05) is 30.3 Å². The first-order chi connectivity index (χ1) is 17.0. The molecule has 0 saturated carbocycles. The Labute approximate surface area is 271 Å². The lowest BCUT2D eigenvalue weighted by molar-refractivity contribution is 0.415. The molecule has 0 fully saturated rings. The molecule has 0 aliphatic heterocycles. The van der Waals surface area contributed by atoms with Gasteiger partial charge in [0.2, 0.25) is 0 Å². The normalized spacial score (nSPS) is 9.87. The van der Waals surface area contributed by atoms with Gasteiger partial charge in [-0.25, -0.2) is 0 Å². The second-order valence-electron chi connectivity index (χ2n) is 6.47. The van der Waals surface area contributed by atoms with Crippen LogP contribution in [0.3, 0.4) is 0 Å². The van der Waals surface area contributed by atoms with E-state index >= 15 is 0 Å². The lowest BCUT2D eigenvalue weighted by Gasteiger charge is -1.93. The number of unbranched alkanes of at least 4 members (excludes halogenated alkanes) is 1. The lowest BCUT2D eigenvalue weighted by atomic mass is 10.3. The lowest BCUT2D eigenvalue weighted by Crippen LogP contribution is -1.78. The largest absolute Gasteiger partial charge is 0.497 e. The molecule has 0 aliphatic carbocycles. The number of hydrogen-bond donors (Lipinski definition) is 0. The summed E-state index contributed by atoms with van der Waals surface area (Å²) in [7, 11) is 20.9. The fourth-order valence-electron chi connectivity index (χ4n) is 0.557. The number of halogens is 8. The highest BCUT2D eigenvalue weighted by molar-refractivity contribution is 8.32. The zero-order valence-electron chi connectivity index (χ0n) is 22.4. The summed E-state index contributed by atoms with van der Waals surface area (Å²) in [6, 6.07) is 9.68. The number of para-hydroxylation sites is 1. The molecular weight excluding hydrogens is 772 g/mol. The Balaban J connectivity index is -0.0000000612. The van der Waals surface area contributed by atoms with Crippen LogP contribution in [0.2, 0.25) is 0 Å². The van der Waals surface area contributed by atoms with E-state index in [1.165, 1.54) is 19.3 Å². The van der Waals surface area contributed by atoms with Crippen molar-refractivity contribution in [1.29, 1.82) is 0 Å². The predicted octanol–water partition coefficient (Wildman–Crippen LogP) is 9.42. The van der Waals surface area contributed by atoms with E-state index in [4.69, 9.17) is 38.4 Å². The quantitative estimate of drug-likeness (QED) is 0.267. The van der Waals surface area contributed by atoms with Crippen molar-refractivity contribution in [3.8, 4) is 5.75 Å². The molecule has 0 radical (unpaired) electrons. The highest BCUT2D eigenvalue weighted by atomic mass is 36.0. The van der Waals surface area contributed by atoms with Crippen molar-refractivity contribution in [1.82, 2.24) is 0 Å². The van der Waals surface area contributed by atoms with Gasteiger partial charge in [-0.15, -0.1) is 0 Å². The highest BCUT2D eigenvalue weighted by Crippen LogP contribution is 2.05. The molecule has 0 unspecified atom stereocenters. The molecular formula is C18H36Cl8O9S4. The highest BCUT2D eigenvalue weighted by Gasteiger charge is 1.90. The average Bonchev–Trinajstić information content (AvgIpc) is 2.64. The van der Waals surface area contributed by atoms with Gasteiger partial charge in [0.25, 0.3) is 0 Å². The molecule has 39 heavy (non-hydrogen) atoms. The van der Waals surface area contributed by atoms with Gasteiger partial charge in [-0.05, 0) is 18.1 Å². The van der Waals surface area contributed by atoms with E-state index in [0.29, 0.717) is 0 Å². The van der Waals surface area contributed by atoms with Gasteiger partial charge < -0.3 is 4.74 Å². The molecule has 0 aliphatic rings. The Kier molecular flexibility index (Phi) is 50.7. The van der Waals surface area contributed by atoms with E-state index in [0.717, 1.165) is 11.7 Å². The molecule has 0 spiro atoms. The van der Waals surface area contributed by atoms with E-state index in [1.54, 1.807) is 7.11 Å². The van der Waals surface area contributed by atoms with E-state index in [9.17, 15) is 0 Å². The Morgan fingerprint density at radius 2 is 0.718 bits per heavy atom. The van der Waals surface area contributed by atoms with Crippen LogP contribution in [-0.2, 0) is 33.1 Å². The van der Waals surface area contributed by atoms with Crippen LogP contribution in [0.25, 0.3) is 0 Å². The summed E-state index contributed by atoms with van der Waals surface area (Å²) in [6.07, 6.45) is 3.89. The van der Waals surface area contributed by atoms with Gasteiger partial charge in [-0.1, -0.05) is 85.9 Å². The number of ether oxygens (including phenoxy) is 1. The number of benzene rings is 1. The van der Waals surface area contributed by atoms with Crippen molar-refractivity contribution in [2.45, 2.75) is 67.7 Å². The van der Waals surface area contributed by atoms with Gasteiger partial charge >= 0.3 is 33.1 Å². The molecule has 0 aromatic heterocycles. The minimum atomic E-state index is -3.72. The minimum absolute atomic E-state index is 0.833. The van der Waals surface area contributed by atoms with Crippen LogP contribution in [0.4, 0.5) is 0 Å². The van der Waals surface area contributed by atoms with Gasteiger partial charge in [-0.2, -0.15) is 33.7 Å². The van der Waals surface area contributed by atoms with Crippen molar-refractivity contribution in [3.63, 3.8) is 0 Å². The summed E-state index contributed by atoms with van der Waals surface area (Å²) in [5, 5.41) is 0. The summed E-state index contributed by atoms with van der Waals surface area (Å²) in [4.78, 5) is 0. The first-order valence-electron chi connectivity index (χ1n) is 10.2. The standard InChI is InChI=1S/C7H8O.2C4H10.C3H8.4Cl2O2S/c1-8-7-5-3-2-4-6-7;1-4(2)3;1-3-4-2;1-3-2;4*1-5(2,3)4/h2-6H,1H3;4H,1-3H3;3-4H2,1-2H3;3H2,1-2H3;;;;. The number of rotatable bonds is 2. The summed E-state index contributed by atoms with van der Waals surface area (Å²) in [6.45, 7) is 15.1. The van der Waals surface area contributed by atoms with Crippen LogP contribution in [0, 0.1) is 5.92 Å². The number of hydrogen-bond acceptors (Lipinski definition) is 9. The molecule has 1 aromatic carbocycles. The summed E-state index contributed by atoms with van der Waals surface area (Å²) in [5.74, 6) is 1.74. The van der Waals surface area contributed by atoms with E-state index in [2.05, 4.69) is 134 Å². The smallest absolute Gasteiger partial charge is 0.317 e. The van der Waals surface area contributed by atoms with Crippen molar-refractivity contribution in [2.24, 2.45) is 5.92 Å². The van der Waals surface area contributed by atoms with Gasteiger partial charge in [0.15, 0.2) is 0 Å². The molecule has 0 bridgehead atoms. The molecule has 0 amide bonds. The second kappa shape index (κ2) is 35.3. The van der Waals surface area contributed by atoms with Crippen molar-refractivity contribution >= 4 is 119 Å². The van der Waals surface area contributed by atoms with Crippen LogP contribution in [0.15, 0.2) is 30.3 Å². The maximum absolute atomic E-state index is 9.16. The zero-order chi connectivity index (χ0) is 33.5. The Morgan fingerprint density at radius 1 is 0.564 bits per heavy atom. The summed E-state index contributed by atoms with van der Waals surface area (Å²) in [5.41, 5.74) is 0. The molecule has 0 saturated heterocycles. The molecule has 0 N–H and O–H groups in total. The molecule has 242 valence electrons. The third-order valence-corrected chi connectivity index (χ3v) is 1.48. The van der Waals surface area contributed by atoms with Crippen molar-refractivity contribution in [2.75, 3.05) is 7.11 Å². The van der Waals surface area contributed by atoms with Gasteiger partial charge in [0.1, 0.15) is 5.75 Å². The van der Waals surface area contributed by atoms with Crippen LogP contribution < -0.4 is 4.74 Å². The van der Waals surface area contributed by atoms with Crippen LogP contribution >= 0.6 is 85.5 Å². The fourth-order valence-corrected chi connectivity index (χ4v) is 0.557. The van der Waals surface area contributed by atoms with Crippen LogP contribution in [-0.4, -0.2) is 40.8 Å². The van der Waals surface area contributed by atoms with Gasteiger partial charge in [-0.3, -0.25) is 0 Å². The Morgan fingerprint density at radius 3 is 0.795 bits per heavy atom. The first-order valence-corrected chi connectivity index (χ1v) is 22.7. The molecule has 1 rings (SSSR count). The molecule has 0 heterocycles. The zero-order valence-corrected chi connectivity index (χ0v) is 31.7. The number of methoxy groups -OCH3 is 1. The van der Waals surface area contributed by atoms with Gasteiger partial charge in [0.05, 0.1) is 7.11 Å². The van der Waals surface area contributed by atoms with Crippen LogP contribution in [0.1, 0.15) is 67.7 Å². The van der Waals surface area contributed by atoms with Gasteiger partial charge in [0, 0.05) is 85.5 Å². The average molecular weight is 808 g/mol. The SMILES string of the molecule is CC(C)C.CCC.CCCC.COc1ccccc1.O=S(=O)(Cl)Cl.O=S(=O)(Cl)Cl.O=S(=O)(Cl)Cl.O=S(=O)(Cl)Cl. The molecule has 21 heteroatoms. The van der Waals surface area contributed by atoms with Crippen molar-refractivity contribution < 1.29 is 38.4 Å². The molecule has 9 nitrogen and oxygen atoms in total. The summed E-state index contributed by atoms with van der Waals surface area (Å²) < 4.78 is 78.2. The van der Waals surface area contributed by atoms with Crippen LogP contribution in [0.5, 0.6) is 5.75 Å². The third kappa shape index (κ3) is 366. The Bertz CT molecular complexity index is 881. The first kappa shape index (κ1) is 56.0. The monoisotopic (exact) mass is 804 g/mol. The van der Waals surface area contributed by atoms with E-state index in [-0.39, 0.29) is 0 Å². The maximum Gasteiger partial charge on any atom is 0.317 e. The predicted molar refractivity (Wildman–Crippen MR) is 173 cm³/mol. The molecule has 1 aromatic rings. The Hall–Kier alpha value is 1.14. The molecule has 0 atom stereocenters. The third-order valence-electron chi connectivity index (χ3n) is 1.48. The topological polar surface area (TPSA) is 146 Å². The minimum Gasteiger partial charge on any atom is -0.497 e. The second-order valence-corrected chi connectivity index (χ2v) is 21.1. The van der Waals surface area contributed by atoms with E-state index < -0.39 is 33.1 Å².